The average molecular weight is 526 g/mol. The highest BCUT2D eigenvalue weighted by Gasteiger charge is 2.10. The van der Waals surface area contributed by atoms with Crippen LogP contribution in [0.2, 0.25) is 0 Å². The lowest BCUT2D eigenvalue weighted by molar-refractivity contribution is 0.709. The van der Waals surface area contributed by atoms with Crippen LogP contribution in [0.1, 0.15) is 0 Å². The van der Waals surface area contributed by atoms with Gasteiger partial charge in [-0.2, -0.15) is 0 Å². The van der Waals surface area contributed by atoms with E-state index in [1.165, 1.54) is 39.7 Å². The van der Waals surface area contributed by atoms with Gasteiger partial charge in [-0.25, -0.2) is 29.3 Å². The molecule has 18 heteroatoms. The highest BCUT2D eigenvalue weighted by Crippen LogP contribution is 2.01. The first-order valence-corrected chi connectivity index (χ1v) is 10.8. The predicted octanol–water partition coefficient (Wildman–Crippen LogP) is -3.13. The number of aromatic amines is 4. The molecule has 4 N–H and O–H groups in total. The smallest absolute Gasteiger partial charge is 0.332 e. The molecule has 0 saturated carbocycles. The molecule has 6 heterocycles. The number of nitrogens with one attached hydrogen (secondary N) is 4. The van der Waals surface area contributed by atoms with Crippen molar-refractivity contribution in [3.63, 3.8) is 0 Å². The monoisotopic (exact) mass is 526 g/mol. The van der Waals surface area contributed by atoms with E-state index in [0.29, 0.717) is 33.5 Å². The van der Waals surface area contributed by atoms with Crippen LogP contribution in [0, 0.1) is 0 Å². The van der Waals surface area contributed by atoms with E-state index in [1.807, 2.05) is 0 Å². The summed E-state index contributed by atoms with van der Waals surface area (Å²) in [6.07, 6.45) is 4.27. The van der Waals surface area contributed by atoms with Gasteiger partial charge < -0.3 is 14.5 Å². The average Bonchev–Trinajstić information content (AvgIpc) is 3.64. The topological polar surface area (TPSA) is 229 Å². The van der Waals surface area contributed by atoms with Crippen LogP contribution in [0.4, 0.5) is 0 Å². The Bertz CT molecular complexity index is 2170. The number of H-pyrrole nitrogens is 4. The summed E-state index contributed by atoms with van der Waals surface area (Å²) in [7, 11) is 7.82. The van der Waals surface area contributed by atoms with E-state index in [1.54, 1.807) is 32.8 Å². The molecule has 0 fully saturated rings. The molecule has 0 bridgehead atoms. The standard InChI is InChI=1S/2C7H8N4O2.C6H6N4O2/c1-10-3-8-5-4(10)6(12)9-7(13)11(5)2;1-10-5-4(8-3-9-5)6(12)11(2)7(10)13;1-10-4-3(7-2-8-4)5(11)9-6(10)12/h3H,1-2H3,(H,9,12,13);3H,1-2H3,(H,8,9);2H,1H3,(H,7,8)(H,9,11,12). The molecule has 6 aromatic heterocycles. The van der Waals surface area contributed by atoms with Crippen molar-refractivity contribution in [1.82, 2.24) is 57.7 Å². The van der Waals surface area contributed by atoms with E-state index in [-0.39, 0.29) is 11.2 Å². The number of fused-ring (bicyclic) bond motifs is 3. The lowest BCUT2D eigenvalue weighted by Gasteiger charge is -2.00. The Morgan fingerprint density at radius 2 is 1.13 bits per heavy atom. The summed E-state index contributed by atoms with van der Waals surface area (Å²) in [5.74, 6) is 0. The molecule has 6 aromatic rings. The first-order chi connectivity index (χ1) is 17.9. The maximum Gasteiger partial charge on any atom is 0.332 e. The number of hydrogen-bond donors (Lipinski definition) is 4. The fourth-order valence-electron chi connectivity index (χ4n) is 3.58. The lowest BCUT2D eigenvalue weighted by atomic mass is 10.5. The number of aromatic nitrogens is 12. The van der Waals surface area contributed by atoms with E-state index in [4.69, 9.17) is 0 Å². The molecular weight excluding hydrogens is 504 g/mol. The Hall–Kier alpha value is -5.55. The van der Waals surface area contributed by atoms with Crippen molar-refractivity contribution in [3.8, 4) is 0 Å². The molecule has 0 aromatic carbocycles. The van der Waals surface area contributed by atoms with Crippen LogP contribution in [0.15, 0.2) is 47.7 Å². The molecule has 6 rings (SSSR count). The Labute approximate surface area is 208 Å². The second-order valence-corrected chi connectivity index (χ2v) is 8.07. The summed E-state index contributed by atoms with van der Waals surface area (Å²) in [5, 5.41) is 0. The van der Waals surface area contributed by atoms with E-state index in [0.717, 1.165) is 4.57 Å². The molecular formula is C20H22N12O6. The predicted molar refractivity (Wildman–Crippen MR) is 135 cm³/mol. The van der Waals surface area contributed by atoms with Gasteiger partial charge in [0.15, 0.2) is 22.5 Å². The summed E-state index contributed by atoms with van der Waals surface area (Å²) in [6, 6.07) is 0. The van der Waals surface area contributed by atoms with E-state index in [2.05, 4.69) is 34.9 Å². The van der Waals surface area contributed by atoms with Gasteiger partial charge in [-0.15, -0.1) is 0 Å². The van der Waals surface area contributed by atoms with Gasteiger partial charge in [-0.1, -0.05) is 0 Å². The van der Waals surface area contributed by atoms with Crippen molar-refractivity contribution in [1.29, 1.82) is 0 Å². The Morgan fingerprint density at radius 1 is 0.605 bits per heavy atom. The Morgan fingerprint density at radius 3 is 1.76 bits per heavy atom. The first-order valence-electron chi connectivity index (χ1n) is 10.8. The Kier molecular flexibility index (Phi) is 6.37. The van der Waals surface area contributed by atoms with Crippen LogP contribution < -0.4 is 33.7 Å². The molecule has 198 valence electrons. The van der Waals surface area contributed by atoms with Crippen LogP contribution in [-0.4, -0.2) is 57.7 Å². The molecule has 38 heavy (non-hydrogen) atoms. The second-order valence-electron chi connectivity index (χ2n) is 8.07. The third-order valence-electron chi connectivity index (χ3n) is 5.69. The minimum atomic E-state index is -0.459. The third-order valence-corrected chi connectivity index (χ3v) is 5.69. The zero-order valence-corrected chi connectivity index (χ0v) is 20.8. The second kappa shape index (κ2) is 9.48. The molecule has 0 unspecified atom stereocenters. The lowest BCUT2D eigenvalue weighted by Crippen LogP contribution is -2.36. The molecule has 0 spiro atoms. The zero-order chi connectivity index (χ0) is 27.9. The van der Waals surface area contributed by atoms with Gasteiger partial charge in [0.25, 0.3) is 16.7 Å². The van der Waals surface area contributed by atoms with Gasteiger partial charge in [-0.05, 0) is 0 Å². The molecule has 0 radical (unpaired) electrons. The van der Waals surface area contributed by atoms with Gasteiger partial charge in [0.05, 0.1) is 19.0 Å². The van der Waals surface area contributed by atoms with Crippen molar-refractivity contribution in [3.05, 3.63) is 81.5 Å². The first kappa shape index (κ1) is 25.5. The van der Waals surface area contributed by atoms with Crippen molar-refractivity contribution in [2.75, 3.05) is 0 Å². The summed E-state index contributed by atoms with van der Waals surface area (Å²) in [5.41, 5.74) is -0.253. The number of aryl methyl sites for hydroxylation is 4. The van der Waals surface area contributed by atoms with E-state index >= 15 is 0 Å². The normalized spacial score (nSPS) is 10.9. The number of nitrogens with zero attached hydrogens (tertiary/aromatic N) is 8. The van der Waals surface area contributed by atoms with Crippen LogP contribution in [-0.2, 0) is 35.2 Å². The maximum absolute atomic E-state index is 11.4. The molecule has 0 amide bonds. The van der Waals surface area contributed by atoms with Crippen LogP contribution >= 0.6 is 0 Å². The fraction of sp³-hybridized carbons (Fsp3) is 0.250. The summed E-state index contributed by atoms with van der Waals surface area (Å²) in [6.45, 7) is 0. The highest BCUT2D eigenvalue weighted by atomic mass is 16.2. The quantitative estimate of drug-likeness (QED) is 0.157. The minimum absolute atomic E-state index is 0.317. The van der Waals surface area contributed by atoms with Crippen molar-refractivity contribution < 1.29 is 0 Å². The number of imidazole rings is 3. The highest BCUT2D eigenvalue weighted by molar-refractivity contribution is 5.70. The van der Waals surface area contributed by atoms with Crippen LogP contribution in [0.3, 0.4) is 0 Å². The summed E-state index contributed by atoms with van der Waals surface area (Å²) >= 11 is 0. The molecule has 0 atom stereocenters. The fourth-order valence-corrected chi connectivity index (χ4v) is 3.58. The summed E-state index contributed by atoms with van der Waals surface area (Å²) in [4.78, 5) is 88.6. The van der Waals surface area contributed by atoms with Gasteiger partial charge in [0.2, 0.25) is 0 Å². The van der Waals surface area contributed by atoms with Gasteiger partial charge >= 0.3 is 17.1 Å². The van der Waals surface area contributed by atoms with Crippen molar-refractivity contribution in [2.24, 2.45) is 35.2 Å². The van der Waals surface area contributed by atoms with Crippen molar-refractivity contribution in [2.45, 2.75) is 0 Å². The largest absolute Gasteiger partial charge is 0.339 e. The third kappa shape index (κ3) is 4.18. The molecule has 18 nitrogen and oxygen atoms in total. The molecule has 0 saturated heterocycles. The number of rotatable bonds is 0. The van der Waals surface area contributed by atoms with Crippen LogP contribution in [0.5, 0.6) is 0 Å². The maximum atomic E-state index is 11.4. The van der Waals surface area contributed by atoms with E-state index < -0.39 is 22.5 Å². The molecule has 0 aliphatic carbocycles. The van der Waals surface area contributed by atoms with E-state index in [9.17, 15) is 28.8 Å². The minimum Gasteiger partial charge on any atom is -0.339 e. The SMILES string of the molecule is Cn1c(=O)[nH]c(=O)c2[nH]cnc21.Cn1c(=O)c2[nH]cnc2n(C)c1=O.Cn1cnc2c1c(=O)[nH]c(=O)n2C. The summed E-state index contributed by atoms with van der Waals surface area (Å²) < 4.78 is 6.52. The van der Waals surface area contributed by atoms with Gasteiger partial charge in [0, 0.05) is 35.2 Å². The zero-order valence-electron chi connectivity index (χ0n) is 20.8. The van der Waals surface area contributed by atoms with Gasteiger partial charge in [-0.3, -0.25) is 42.6 Å². The molecule has 0 aliphatic heterocycles. The number of hydrogen-bond acceptors (Lipinski definition) is 9. The van der Waals surface area contributed by atoms with Crippen molar-refractivity contribution >= 4 is 33.5 Å². The Balaban J connectivity index is 0.000000133. The van der Waals surface area contributed by atoms with Crippen LogP contribution in [0.25, 0.3) is 33.5 Å². The van der Waals surface area contributed by atoms with Gasteiger partial charge in [0.1, 0.15) is 11.0 Å². The molecule has 0 aliphatic rings.